The van der Waals surface area contributed by atoms with Crippen LogP contribution in [-0.2, 0) is 0 Å². The lowest BCUT2D eigenvalue weighted by Gasteiger charge is -2.27. The molecule has 0 atom stereocenters. The van der Waals surface area contributed by atoms with Gasteiger partial charge in [-0.3, -0.25) is 4.79 Å². The topological polar surface area (TPSA) is 49.6 Å². The standard InChI is InChI=1S/C14H20F3N3O/c1-4-7-20(9-14(15,16)17)12-6-5-10(8-11(12)18)13(21)19(2)3/h5-6,8H,4,7,9,18H2,1-3H3. The van der Waals surface area contributed by atoms with E-state index in [0.29, 0.717) is 17.7 Å². The van der Waals surface area contributed by atoms with Crippen molar-refractivity contribution in [2.45, 2.75) is 19.5 Å². The van der Waals surface area contributed by atoms with Crippen molar-refractivity contribution >= 4 is 17.3 Å². The molecule has 1 amide bonds. The Balaban J connectivity index is 3.08. The van der Waals surface area contributed by atoms with Gasteiger partial charge in [0.05, 0.1) is 11.4 Å². The largest absolute Gasteiger partial charge is 0.405 e. The van der Waals surface area contributed by atoms with Crippen molar-refractivity contribution in [1.82, 2.24) is 4.90 Å². The fourth-order valence-electron chi connectivity index (χ4n) is 2.00. The molecule has 0 fully saturated rings. The van der Waals surface area contributed by atoms with Crippen LogP contribution in [0.25, 0.3) is 0 Å². The summed E-state index contributed by atoms with van der Waals surface area (Å²) in [6.45, 7) is 0.972. The lowest BCUT2D eigenvalue weighted by atomic mass is 10.1. The molecular formula is C14H20F3N3O. The number of nitrogens with two attached hydrogens (primary N) is 1. The number of anilines is 2. The van der Waals surface area contributed by atoms with E-state index in [1.165, 1.54) is 28.0 Å². The Morgan fingerprint density at radius 3 is 2.33 bits per heavy atom. The zero-order valence-electron chi connectivity index (χ0n) is 12.4. The molecule has 4 nitrogen and oxygen atoms in total. The summed E-state index contributed by atoms with van der Waals surface area (Å²) in [5, 5.41) is 0. The summed E-state index contributed by atoms with van der Waals surface area (Å²) >= 11 is 0. The molecule has 1 rings (SSSR count). The number of carbonyl (C=O) groups is 1. The molecule has 0 saturated carbocycles. The molecule has 0 aromatic heterocycles. The maximum absolute atomic E-state index is 12.6. The third-order valence-corrected chi connectivity index (χ3v) is 2.89. The van der Waals surface area contributed by atoms with Gasteiger partial charge in [-0.05, 0) is 24.6 Å². The Hall–Kier alpha value is -1.92. The lowest BCUT2D eigenvalue weighted by Crippen LogP contribution is -2.35. The van der Waals surface area contributed by atoms with Crippen LogP contribution in [0.2, 0.25) is 0 Å². The predicted molar refractivity (Wildman–Crippen MR) is 77.4 cm³/mol. The summed E-state index contributed by atoms with van der Waals surface area (Å²) in [5.74, 6) is -0.244. The van der Waals surface area contributed by atoms with Crippen molar-refractivity contribution in [3.8, 4) is 0 Å². The quantitative estimate of drug-likeness (QED) is 0.851. The second-order valence-corrected chi connectivity index (χ2v) is 5.01. The van der Waals surface area contributed by atoms with E-state index < -0.39 is 12.7 Å². The highest BCUT2D eigenvalue weighted by molar-refractivity contribution is 5.95. The van der Waals surface area contributed by atoms with Crippen LogP contribution in [0.15, 0.2) is 18.2 Å². The molecule has 118 valence electrons. The summed E-state index contributed by atoms with van der Waals surface area (Å²) < 4.78 is 37.8. The molecule has 2 N–H and O–H groups in total. The van der Waals surface area contributed by atoms with Gasteiger partial charge in [-0.2, -0.15) is 13.2 Å². The highest BCUT2D eigenvalue weighted by Gasteiger charge is 2.31. The molecule has 0 heterocycles. The van der Waals surface area contributed by atoms with Gasteiger partial charge >= 0.3 is 6.18 Å². The number of hydrogen-bond acceptors (Lipinski definition) is 3. The van der Waals surface area contributed by atoms with Crippen molar-refractivity contribution in [3.63, 3.8) is 0 Å². The highest BCUT2D eigenvalue weighted by atomic mass is 19.4. The minimum absolute atomic E-state index is 0.167. The van der Waals surface area contributed by atoms with Gasteiger partial charge in [-0.1, -0.05) is 6.92 Å². The van der Waals surface area contributed by atoms with E-state index in [2.05, 4.69) is 0 Å². The van der Waals surface area contributed by atoms with Crippen molar-refractivity contribution in [3.05, 3.63) is 23.8 Å². The lowest BCUT2D eigenvalue weighted by molar-refractivity contribution is -0.119. The van der Waals surface area contributed by atoms with Gasteiger partial charge in [-0.25, -0.2) is 0 Å². The summed E-state index contributed by atoms with van der Waals surface area (Å²) in [5.41, 5.74) is 6.64. The summed E-state index contributed by atoms with van der Waals surface area (Å²) in [6.07, 6.45) is -3.74. The number of halogens is 3. The van der Waals surface area contributed by atoms with E-state index in [0.717, 1.165) is 0 Å². The molecule has 0 bridgehead atoms. The van der Waals surface area contributed by atoms with Crippen molar-refractivity contribution < 1.29 is 18.0 Å². The monoisotopic (exact) mass is 303 g/mol. The van der Waals surface area contributed by atoms with Crippen LogP contribution in [0.1, 0.15) is 23.7 Å². The Morgan fingerprint density at radius 1 is 1.29 bits per heavy atom. The number of nitrogens with zero attached hydrogens (tertiary/aromatic N) is 2. The number of amides is 1. The number of alkyl halides is 3. The maximum Gasteiger partial charge on any atom is 0.405 e. The Kier molecular flexibility index (Phi) is 5.46. The molecule has 0 spiro atoms. The molecule has 0 unspecified atom stereocenters. The normalized spacial score (nSPS) is 11.3. The first-order valence-electron chi connectivity index (χ1n) is 6.58. The first-order chi connectivity index (χ1) is 9.65. The van der Waals surface area contributed by atoms with Crippen molar-refractivity contribution in [2.24, 2.45) is 0 Å². The average Bonchev–Trinajstić information content (AvgIpc) is 2.35. The maximum atomic E-state index is 12.6. The van der Waals surface area contributed by atoms with E-state index in [1.54, 1.807) is 21.0 Å². The second kappa shape index (κ2) is 6.69. The van der Waals surface area contributed by atoms with E-state index >= 15 is 0 Å². The minimum Gasteiger partial charge on any atom is -0.397 e. The molecule has 21 heavy (non-hydrogen) atoms. The average molecular weight is 303 g/mol. The zero-order valence-corrected chi connectivity index (χ0v) is 12.4. The van der Waals surface area contributed by atoms with Gasteiger partial charge in [0.1, 0.15) is 6.54 Å². The zero-order chi connectivity index (χ0) is 16.2. The summed E-state index contributed by atoms with van der Waals surface area (Å²) in [7, 11) is 3.19. The van der Waals surface area contributed by atoms with E-state index in [-0.39, 0.29) is 18.1 Å². The molecule has 1 aromatic carbocycles. The van der Waals surface area contributed by atoms with Crippen LogP contribution < -0.4 is 10.6 Å². The number of benzene rings is 1. The molecule has 0 aliphatic rings. The van der Waals surface area contributed by atoms with Crippen LogP contribution in [0, 0.1) is 0 Å². The van der Waals surface area contributed by atoms with Crippen LogP contribution in [0.4, 0.5) is 24.5 Å². The second-order valence-electron chi connectivity index (χ2n) is 5.01. The van der Waals surface area contributed by atoms with E-state index in [1.807, 2.05) is 0 Å². The van der Waals surface area contributed by atoms with Crippen molar-refractivity contribution in [2.75, 3.05) is 37.8 Å². The molecule has 1 aromatic rings. The fraction of sp³-hybridized carbons (Fsp3) is 0.500. The summed E-state index contributed by atoms with van der Waals surface area (Å²) in [6, 6.07) is 4.37. The number of carbonyl (C=O) groups excluding carboxylic acids is 1. The number of nitrogen functional groups attached to an aromatic ring is 1. The van der Waals surface area contributed by atoms with Gasteiger partial charge in [-0.15, -0.1) is 0 Å². The summed E-state index contributed by atoms with van der Waals surface area (Å²) in [4.78, 5) is 14.4. The fourth-order valence-corrected chi connectivity index (χ4v) is 2.00. The first-order valence-corrected chi connectivity index (χ1v) is 6.58. The van der Waals surface area contributed by atoms with Crippen LogP contribution >= 0.6 is 0 Å². The molecule has 7 heteroatoms. The highest BCUT2D eigenvalue weighted by Crippen LogP contribution is 2.28. The number of hydrogen-bond donors (Lipinski definition) is 1. The molecule has 0 radical (unpaired) electrons. The van der Waals surface area contributed by atoms with Gasteiger partial charge in [0, 0.05) is 26.2 Å². The molecule has 0 aliphatic heterocycles. The Labute approximate surface area is 122 Å². The molecule has 0 aliphatic carbocycles. The Bertz CT molecular complexity index is 501. The van der Waals surface area contributed by atoms with Crippen LogP contribution in [0.3, 0.4) is 0 Å². The molecule has 0 saturated heterocycles. The smallest absolute Gasteiger partial charge is 0.397 e. The Morgan fingerprint density at radius 2 is 1.90 bits per heavy atom. The van der Waals surface area contributed by atoms with Gasteiger partial charge < -0.3 is 15.5 Å². The predicted octanol–water partition coefficient (Wildman–Crippen LogP) is 2.75. The third kappa shape index (κ3) is 4.84. The van der Waals surface area contributed by atoms with Gasteiger partial charge in [0.25, 0.3) is 5.91 Å². The van der Waals surface area contributed by atoms with Crippen LogP contribution in [-0.4, -0.2) is 44.2 Å². The first kappa shape index (κ1) is 17.1. The van der Waals surface area contributed by atoms with E-state index in [9.17, 15) is 18.0 Å². The number of rotatable bonds is 5. The van der Waals surface area contributed by atoms with Crippen LogP contribution in [0.5, 0.6) is 0 Å². The van der Waals surface area contributed by atoms with Crippen molar-refractivity contribution in [1.29, 1.82) is 0 Å². The SMILES string of the molecule is CCCN(CC(F)(F)F)c1ccc(C(=O)N(C)C)cc1N. The van der Waals surface area contributed by atoms with Gasteiger partial charge in [0.2, 0.25) is 0 Å². The van der Waals surface area contributed by atoms with Gasteiger partial charge in [0.15, 0.2) is 0 Å². The minimum atomic E-state index is -4.31. The van der Waals surface area contributed by atoms with E-state index in [4.69, 9.17) is 5.73 Å². The molecular weight excluding hydrogens is 283 g/mol. The third-order valence-electron chi connectivity index (χ3n) is 2.89.